The Hall–Kier alpha value is -2.82. The summed E-state index contributed by atoms with van der Waals surface area (Å²) in [5, 5.41) is 1.21. The summed E-state index contributed by atoms with van der Waals surface area (Å²) in [4.78, 5) is 24.4. The van der Waals surface area contributed by atoms with E-state index in [1.165, 1.54) is 10.9 Å². The van der Waals surface area contributed by atoms with Crippen molar-refractivity contribution in [3.63, 3.8) is 0 Å². The van der Waals surface area contributed by atoms with Crippen LogP contribution in [0.15, 0.2) is 48.8 Å². The van der Waals surface area contributed by atoms with Gasteiger partial charge in [0.05, 0.1) is 0 Å². The first-order valence-electron chi connectivity index (χ1n) is 9.12. The summed E-state index contributed by atoms with van der Waals surface area (Å²) < 4.78 is 0. The first kappa shape index (κ1) is 16.6. The first-order chi connectivity index (χ1) is 12.6. The number of hydrogen-bond acceptors (Lipinski definition) is 3. The Labute approximate surface area is 153 Å². The molecule has 3 heterocycles. The number of nitrogens with zero attached hydrogens (tertiary/aromatic N) is 3. The molecular weight excluding hydrogens is 324 g/mol. The summed E-state index contributed by atoms with van der Waals surface area (Å²) in [5.41, 5.74) is 4.15. The lowest BCUT2D eigenvalue weighted by Crippen LogP contribution is -2.37. The molecule has 0 bridgehead atoms. The minimum atomic E-state index is 0.134. The molecule has 0 atom stereocenters. The van der Waals surface area contributed by atoms with Crippen molar-refractivity contribution in [2.75, 3.05) is 32.1 Å². The second-order valence-corrected chi connectivity index (χ2v) is 7.15. The van der Waals surface area contributed by atoms with Gasteiger partial charge in [-0.15, -0.1) is 0 Å². The first-order valence-corrected chi connectivity index (χ1v) is 9.12. The van der Waals surface area contributed by atoms with Crippen LogP contribution in [0.25, 0.3) is 11.0 Å². The zero-order valence-electron chi connectivity index (χ0n) is 15.3. The Morgan fingerprint density at radius 2 is 1.88 bits per heavy atom. The average molecular weight is 348 g/mol. The Kier molecular flexibility index (Phi) is 4.37. The number of likely N-dealkylation sites (tertiary alicyclic amines) is 1. The van der Waals surface area contributed by atoms with E-state index in [1.807, 2.05) is 60.4 Å². The molecule has 0 radical (unpaired) electrons. The van der Waals surface area contributed by atoms with Crippen LogP contribution >= 0.6 is 0 Å². The van der Waals surface area contributed by atoms with Gasteiger partial charge < -0.3 is 14.8 Å². The van der Waals surface area contributed by atoms with E-state index in [0.717, 1.165) is 42.8 Å². The lowest BCUT2D eigenvalue weighted by molar-refractivity contribution is 0.0713. The molecule has 0 saturated carbocycles. The molecule has 2 aromatic heterocycles. The van der Waals surface area contributed by atoms with E-state index in [-0.39, 0.29) is 5.91 Å². The van der Waals surface area contributed by atoms with Gasteiger partial charge in [0.1, 0.15) is 5.65 Å². The van der Waals surface area contributed by atoms with Crippen molar-refractivity contribution in [1.82, 2.24) is 14.9 Å². The molecular formula is C21H24N4O. The van der Waals surface area contributed by atoms with Crippen molar-refractivity contribution in [2.45, 2.75) is 18.8 Å². The third kappa shape index (κ3) is 3.05. The molecule has 134 valence electrons. The summed E-state index contributed by atoms with van der Waals surface area (Å²) in [5.74, 6) is 0.613. The number of carbonyl (C=O) groups is 1. The van der Waals surface area contributed by atoms with Crippen molar-refractivity contribution in [2.24, 2.45) is 0 Å². The lowest BCUT2D eigenvalue weighted by atomic mass is 9.89. The minimum absolute atomic E-state index is 0.134. The highest BCUT2D eigenvalue weighted by atomic mass is 16.2. The third-order valence-corrected chi connectivity index (χ3v) is 5.34. The number of pyridine rings is 1. The van der Waals surface area contributed by atoms with Crippen LogP contribution in [0.5, 0.6) is 0 Å². The molecule has 0 unspecified atom stereocenters. The van der Waals surface area contributed by atoms with Gasteiger partial charge >= 0.3 is 0 Å². The number of hydrogen-bond donors (Lipinski definition) is 1. The standard InChI is InChI=1S/C21H24N4O/c1-24(2)17-7-5-16(6-8-17)21(26)25-12-9-15(10-13-25)19-14-23-20-18(19)4-3-11-22-20/h3-8,11,14-15H,9-10,12-13H2,1-2H3,(H,22,23). The van der Waals surface area contributed by atoms with Crippen molar-refractivity contribution in [1.29, 1.82) is 0 Å². The van der Waals surface area contributed by atoms with Crippen LogP contribution in [-0.2, 0) is 0 Å². The molecule has 0 spiro atoms. The summed E-state index contributed by atoms with van der Waals surface area (Å²) >= 11 is 0. The van der Waals surface area contributed by atoms with E-state index in [4.69, 9.17) is 0 Å². The molecule has 5 nitrogen and oxygen atoms in total. The smallest absolute Gasteiger partial charge is 0.253 e. The number of benzene rings is 1. The van der Waals surface area contributed by atoms with Crippen LogP contribution in [0.2, 0.25) is 0 Å². The van der Waals surface area contributed by atoms with Gasteiger partial charge in [-0.1, -0.05) is 0 Å². The van der Waals surface area contributed by atoms with Crippen molar-refractivity contribution < 1.29 is 4.79 Å². The topological polar surface area (TPSA) is 52.2 Å². The number of carbonyl (C=O) groups excluding carboxylic acids is 1. The third-order valence-electron chi connectivity index (χ3n) is 5.34. The van der Waals surface area contributed by atoms with Gasteiger partial charge in [0.25, 0.3) is 5.91 Å². The van der Waals surface area contributed by atoms with E-state index in [2.05, 4.69) is 22.2 Å². The number of anilines is 1. The van der Waals surface area contributed by atoms with Gasteiger partial charge in [0.2, 0.25) is 0 Å². The monoisotopic (exact) mass is 348 g/mol. The second kappa shape index (κ2) is 6.83. The zero-order valence-corrected chi connectivity index (χ0v) is 15.3. The molecule has 1 aliphatic rings. The number of piperidine rings is 1. The van der Waals surface area contributed by atoms with E-state index in [9.17, 15) is 4.79 Å². The van der Waals surface area contributed by atoms with E-state index >= 15 is 0 Å². The van der Waals surface area contributed by atoms with Gasteiger partial charge in [-0.25, -0.2) is 4.98 Å². The Balaban J connectivity index is 1.44. The van der Waals surface area contributed by atoms with Crippen molar-refractivity contribution >= 4 is 22.6 Å². The summed E-state index contributed by atoms with van der Waals surface area (Å²) in [7, 11) is 4.00. The number of fused-ring (bicyclic) bond motifs is 1. The number of aromatic nitrogens is 2. The van der Waals surface area contributed by atoms with Crippen LogP contribution in [0, 0.1) is 0 Å². The number of aromatic amines is 1. The number of H-pyrrole nitrogens is 1. The van der Waals surface area contributed by atoms with Crippen LogP contribution in [-0.4, -0.2) is 48.0 Å². The molecule has 26 heavy (non-hydrogen) atoms. The van der Waals surface area contributed by atoms with Crippen LogP contribution < -0.4 is 4.90 Å². The predicted octanol–water partition coefficient (Wildman–Crippen LogP) is 3.65. The molecule has 5 heteroatoms. The molecule has 1 aromatic carbocycles. The van der Waals surface area contributed by atoms with Crippen molar-refractivity contribution in [3.05, 3.63) is 59.9 Å². The molecule has 1 fully saturated rings. The maximum Gasteiger partial charge on any atom is 0.253 e. The SMILES string of the molecule is CN(C)c1ccc(C(=O)N2CCC(c3c[nH]c4ncccc34)CC2)cc1. The molecule has 1 amide bonds. The maximum absolute atomic E-state index is 12.8. The highest BCUT2D eigenvalue weighted by Crippen LogP contribution is 2.33. The van der Waals surface area contributed by atoms with Crippen LogP contribution in [0.3, 0.4) is 0 Å². The van der Waals surface area contributed by atoms with Crippen LogP contribution in [0.1, 0.15) is 34.7 Å². The largest absolute Gasteiger partial charge is 0.378 e. The Bertz CT molecular complexity index is 905. The highest BCUT2D eigenvalue weighted by Gasteiger charge is 2.26. The fourth-order valence-corrected chi connectivity index (χ4v) is 3.79. The molecule has 1 N–H and O–H groups in total. The van der Waals surface area contributed by atoms with Gasteiger partial charge in [-0.3, -0.25) is 4.79 Å². The molecule has 4 rings (SSSR count). The van der Waals surface area contributed by atoms with Gasteiger partial charge in [-0.05, 0) is 60.7 Å². The number of amides is 1. The lowest BCUT2D eigenvalue weighted by Gasteiger charge is -2.32. The summed E-state index contributed by atoms with van der Waals surface area (Å²) in [6, 6.07) is 12.0. The van der Waals surface area contributed by atoms with E-state index in [1.54, 1.807) is 0 Å². The fourth-order valence-electron chi connectivity index (χ4n) is 3.79. The van der Waals surface area contributed by atoms with Crippen LogP contribution in [0.4, 0.5) is 5.69 Å². The van der Waals surface area contributed by atoms with Crippen molar-refractivity contribution in [3.8, 4) is 0 Å². The zero-order chi connectivity index (χ0) is 18.1. The quantitative estimate of drug-likeness (QED) is 0.786. The van der Waals surface area contributed by atoms with E-state index in [0.29, 0.717) is 5.92 Å². The predicted molar refractivity (Wildman–Crippen MR) is 105 cm³/mol. The Morgan fingerprint density at radius 3 is 2.58 bits per heavy atom. The van der Waals surface area contributed by atoms with Gasteiger partial charge in [-0.2, -0.15) is 0 Å². The normalized spacial score (nSPS) is 15.4. The molecule has 1 aliphatic heterocycles. The highest BCUT2D eigenvalue weighted by molar-refractivity contribution is 5.94. The molecule has 3 aromatic rings. The van der Waals surface area contributed by atoms with Gasteiger partial charge in [0.15, 0.2) is 0 Å². The fraction of sp³-hybridized carbons (Fsp3) is 0.333. The number of nitrogens with one attached hydrogen (secondary N) is 1. The molecule has 1 saturated heterocycles. The van der Waals surface area contributed by atoms with E-state index < -0.39 is 0 Å². The van der Waals surface area contributed by atoms with Gasteiger partial charge in [0, 0.05) is 56.2 Å². The summed E-state index contributed by atoms with van der Waals surface area (Å²) in [6.45, 7) is 1.59. The molecule has 0 aliphatic carbocycles. The Morgan fingerprint density at radius 1 is 1.15 bits per heavy atom. The summed E-state index contributed by atoms with van der Waals surface area (Å²) in [6.07, 6.45) is 5.87. The minimum Gasteiger partial charge on any atom is -0.378 e. The maximum atomic E-state index is 12.8. The average Bonchev–Trinajstić information content (AvgIpc) is 3.12. The second-order valence-electron chi connectivity index (χ2n) is 7.15. The number of rotatable bonds is 3.